The lowest BCUT2D eigenvalue weighted by atomic mass is 10.1. The molecule has 1 amide bonds. The highest BCUT2D eigenvalue weighted by molar-refractivity contribution is 5.83. The van der Waals surface area contributed by atoms with Gasteiger partial charge in [-0.25, -0.2) is 4.99 Å². The summed E-state index contributed by atoms with van der Waals surface area (Å²) in [6.45, 7) is 5.49. The van der Waals surface area contributed by atoms with Crippen LogP contribution in [0.5, 0.6) is 0 Å². The van der Waals surface area contributed by atoms with Gasteiger partial charge >= 0.3 is 0 Å². The van der Waals surface area contributed by atoms with Crippen molar-refractivity contribution in [3.8, 4) is 0 Å². The number of piperazine rings is 1. The van der Waals surface area contributed by atoms with E-state index in [1.165, 1.54) is 5.56 Å². The Hall–Kier alpha value is -2.80. The van der Waals surface area contributed by atoms with Gasteiger partial charge in [0.1, 0.15) is 5.76 Å². The predicted molar refractivity (Wildman–Crippen MR) is 122 cm³/mol. The normalized spacial score (nSPS) is 20.3. The summed E-state index contributed by atoms with van der Waals surface area (Å²) in [5, 5.41) is 3.51. The predicted octanol–water partition coefficient (Wildman–Crippen LogP) is 2.21. The molecule has 1 aromatic heterocycles. The Balaban J connectivity index is 1.36. The van der Waals surface area contributed by atoms with E-state index in [1.807, 2.05) is 35.2 Å². The number of hydrogen-bond donors (Lipinski definition) is 1. The maximum Gasteiger partial charge on any atom is 0.240 e. The second kappa shape index (κ2) is 10.5. The number of nitrogens with one attached hydrogen (secondary N) is 1. The fourth-order valence-electron chi connectivity index (χ4n) is 4.34. The second-order valence-corrected chi connectivity index (χ2v) is 8.33. The third-order valence-corrected chi connectivity index (χ3v) is 6.19. The van der Waals surface area contributed by atoms with E-state index in [-0.39, 0.29) is 11.9 Å². The van der Waals surface area contributed by atoms with Crippen LogP contribution < -0.4 is 5.32 Å². The minimum absolute atomic E-state index is 0.0594. The van der Waals surface area contributed by atoms with E-state index in [9.17, 15) is 4.79 Å². The van der Waals surface area contributed by atoms with Gasteiger partial charge in [-0.05, 0) is 44.1 Å². The molecular weight excluding hydrogens is 390 g/mol. The summed E-state index contributed by atoms with van der Waals surface area (Å²) in [5.41, 5.74) is 1.19. The lowest BCUT2D eigenvalue weighted by Crippen LogP contribution is -2.56. The molecule has 2 saturated heterocycles. The number of carbonyl (C=O) groups excluding carboxylic acids is 1. The average molecular weight is 424 g/mol. The van der Waals surface area contributed by atoms with Gasteiger partial charge < -0.3 is 19.5 Å². The minimum atomic E-state index is 0.0594. The second-order valence-electron chi connectivity index (χ2n) is 8.33. The first-order valence-electron chi connectivity index (χ1n) is 11.3. The maximum atomic E-state index is 12.9. The zero-order valence-corrected chi connectivity index (χ0v) is 18.4. The lowest BCUT2D eigenvalue weighted by molar-refractivity contribution is -0.136. The van der Waals surface area contributed by atoms with Gasteiger partial charge in [0.2, 0.25) is 5.91 Å². The molecular formula is C24H33N5O2. The Morgan fingerprint density at radius 2 is 1.84 bits per heavy atom. The van der Waals surface area contributed by atoms with Gasteiger partial charge in [0.25, 0.3) is 0 Å². The molecule has 1 unspecified atom stereocenters. The molecule has 7 nitrogen and oxygen atoms in total. The molecule has 4 rings (SSSR count). The molecule has 7 heteroatoms. The van der Waals surface area contributed by atoms with Crippen molar-refractivity contribution < 1.29 is 9.21 Å². The van der Waals surface area contributed by atoms with Crippen molar-refractivity contribution in [2.24, 2.45) is 4.99 Å². The number of nitrogens with zero attached hydrogens (tertiary/aromatic N) is 4. The molecule has 2 aliphatic rings. The number of likely N-dealkylation sites (tertiary alicyclic amines) is 1. The van der Waals surface area contributed by atoms with Gasteiger partial charge in [0.15, 0.2) is 5.96 Å². The zero-order valence-electron chi connectivity index (χ0n) is 18.4. The van der Waals surface area contributed by atoms with Gasteiger partial charge in [0, 0.05) is 39.1 Å². The van der Waals surface area contributed by atoms with Crippen molar-refractivity contribution in [3.63, 3.8) is 0 Å². The van der Waals surface area contributed by atoms with Crippen LogP contribution in [0.25, 0.3) is 0 Å². The average Bonchev–Trinajstić information content (AvgIpc) is 3.48. The molecule has 2 aromatic rings. The zero-order chi connectivity index (χ0) is 21.5. The van der Waals surface area contributed by atoms with Crippen molar-refractivity contribution in [2.75, 3.05) is 46.3 Å². The van der Waals surface area contributed by atoms with Crippen molar-refractivity contribution in [1.82, 2.24) is 20.0 Å². The Kier molecular flexibility index (Phi) is 7.25. The summed E-state index contributed by atoms with van der Waals surface area (Å²) in [7, 11) is 2.06. The molecule has 31 heavy (non-hydrogen) atoms. The SMILES string of the molecule is CN1CCCC1C(=O)N1CCN(C(=NCc2ccccc2)NCCc2ccco2)CC1. The Morgan fingerprint density at radius 3 is 2.52 bits per heavy atom. The molecule has 0 aliphatic carbocycles. The van der Waals surface area contributed by atoms with E-state index in [4.69, 9.17) is 9.41 Å². The number of furan rings is 1. The number of rotatable bonds is 6. The molecule has 2 aliphatic heterocycles. The van der Waals surface area contributed by atoms with E-state index >= 15 is 0 Å². The molecule has 166 valence electrons. The van der Waals surface area contributed by atoms with E-state index < -0.39 is 0 Å². The summed E-state index contributed by atoms with van der Waals surface area (Å²) in [6.07, 6.45) is 4.61. The van der Waals surface area contributed by atoms with E-state index in [2.05, 4.69) is 34.3 Å². The van der Waals surface area contributed by atoms with Crippen LogP contribution in [0.3, 0.4) is 0 Å². The molecule has 1 aromatic carbocycles. The van der Waals surface area contributed by atoms with Crippen molar-refractivity contribution in [1.29, 1.82) is 0 Å². The third kappa shape index (κ3) is 5.67. The summed E-state index contributed by atoms with van der Waals surface area (Å²) < 4.78 is 5.45. The van der Waals surface area contributed by atoms with Gasteiger partial charge in [-0.2, -0.15) is 0 Å². The number of hydrogen-bond acceptors (Lipinski definition) is 4. The lowest BCUT2D eigenvalue weighted by Gasteiger charge is -2.38. The van der Waals surface area contributed by atoms with Gasteiger partial charge in [-0.15, -0.1) is 0 Å². The summed E-state index contributed by atoms with van der Waals surface area (Å²) in [6, 6.07) is 14.3. The molecule has 2 fully saturated rings. The van der Waals surface area contributed by atoms with Crippen molar-refractivity contribution in [3.05, 3.63) is 60.1 Å². The van der Waals surface area contributed by atoms with Crippen LogP contribution in [-0.4, -0.2) is 78.9 Å². The summed E-state index contributed by atoms with van der Waals surface area (Å²) in [5.74, 6) is 2.15. The first-order chi connectivity index (χ1) is 15.2. The van der Waals surface area contributed by atoms with Crippen molar-refractivity contribution in [2.45, 2.75) is 31.8 Å². The number of aliphatic imine (C=N–C) groups is 1. The van der Waals surface area contributed by atoms with Gasteiger partial charge in [-0.3, -0.25) is 9.69 Å². The van der Waals surface area contributed by atoms with Crippen molar-refractivity contribution >= 4 is 11.9 Å². The number of likely N-dealkylation sites (N-methyl/N-ethyl adjacent to an activating group) is 1. The Morgan fingerprint density at radius 1 is 1.06 bits per heavy atom. The monoisotopic (exact) mass is 423 g/mol. The minimum Gasteiger partial charge on any atom is -0.469 e. The third-order valence-electron chi connectivity index (χ3n) is 6.19. The van der Waals surface area contributed by atoms with E-state index in [1.54, 1.807) is 6.26 Å². The smallest absolute Gasteiger partial charge is 0.240 e. The molecule has 0 spiro atoms. The van der Waals surface area contributed by atoms with Gasteiger partial charge in [-0.1, -0.05) is 30.3 Å². The molecule has 1 atom stereocenters. The summed E-state index contributed by atoms with van der Waals surface area (Å²) >= 11 is 0. The van der Waals surface area contributed by atoms with Crippen LogP contribution in [0.4, 0.5) is 0 Å². The topological polar surface area (TPSA) is 64.3 Å². The Bertz CT molecular complexity index is 844. The van der Waals surface area contributed by atoms with Gasteiger partial charge in [0.05, 0.1) is 18.8 Å². The largest absolute Gasteiger partial charge is 0.469 e. The summed E-state index contributed by atoms with van der Waals surface area (Å²) in [4.78, 5) is 24.3. The highest BCUT2D eigenvalue weighted by Crippen LogP contribution is 2.18. The number of benzene rings is 1. The Labute approximate surface area is 184 Å². The first kappa shape index (κ1) is 21.4. The van der Waals surface area contributed by atoms with E-state index in [0.29, 0.717) is 6.54 Å². The maximum absolute atomic E-state index is 12.9. The fourth-order valence-corrected chi connectivity index (χ4v) is 4.34. The van der Waals surface area contributed by atoms with Crippen LogP contribution in [0, 0.1) is 0 Å². The highest BCUT2D eigenvalue weighted by atomic mass is 16.3. The molecule has 1 N–H and O–H groups in total. The number of amides is 1. The van der Waals surface area contributed by atoms with E-state index in [0.717, 1.165) is 70.3 Å². The quantitative estimate of drug-likeness (QED) is 0.570. The molecule has 0 radical (unpaired) electrons. The standard InChI is InChI=1S/C24H33N5O2/c1-27-13-5-10-22(27)23(30)28-14-16-29(17-15-28)24(25-12-11-21-9-6-18-31-21)26-19-20-7-3-2-4-8-20/h2-4,6-9,18,22H,5,10-17,19H2,1H3,(H,25,26). The van der Waals surface area contributed by atoms with Crippen LogP contribution in [-0.2, 0) is 17.8 Å². The molecule has 0 bridgehead atoms. The number of guanidine groups is 1. The molecule has 3 heterocycles. The fraction of sp³-hybridized carbons (Fsp3) is 0.500. The van der Waals surface area contributed by atoms with Crippen LogP contribution in [0.1, 0.15) is 24.2 Å². The highest BCUT2D eigenvalue weighted by Gasteiger charge is 2.33. The van der Waals surface area contributed by atoms with Crippen LogP contribution in [0.2, 0.25) is 0 Å². The van der Waals surface area contributed by atoms with Crippen LogP contribution in [0.15, 0.2) is 58.1 Å². The van der Waals surface area contributed by atoms with Crippen LogP contribution >= 0.6 is 0 Å². The first-order valence-corrected chi connectivity index (χ1v) is 11.3. The number of carbonyl (C=O) groups is 1. The molecule has 0 saturated carbocycles.